The molecule has 1 aromatic carbocycles. The molecule has 2 saturated carbocycles. The summed E-state index contributed by atoms with van der Waals surface area (Å²) < 4.78 is 10.9. The van der Waals surface area contributed by atoms with Gasteiger partial charge in [-0.2, -0.15) is 0 Å². The van der Waals surface area contributed by atoms with Crippen LogP contribution in [-0.4, -0.2) is 54.0 Å². The average Bonchev–Trinajstić information content (AvgIpc) is 3.63. The minimum absolute atomic E-state index is 0.0459. The normalized spacial score (nSPS) is 19.7. The lowest BCUT2D eigenvalue weighted by atomic mass is 9.82. The van der Waals surface area contributed by atoms with Crippen LogP contribution in [0.1, 0.15) is 102 Å². The van der Waals surface area contributed by atoms with Gasteiger partial charge in [0, 0.05) is 35.6 Å². The lowest BCUT2D eigenvalue weighted by Crippen LogP contribution is -2.47. The largest absolute Gasteiger partial charge is 0.496 e. The number of carbonyl (C=O) groups is 5. The Morgan fingerprint density at radius 2 is 1.84 bits per heavy atom. The standard InChI is InChI=1S/C34H46N2O7/c1-21(2)16-23(18-29(38)27-19-24-25(35-27)11-9-13-31(24)42-4)32(40)36-26(17-22-10-5-6-12-28(22)37)30(39)20-43-33(41)34(3)14-7-8-15-34/h9,11,13,19,21-23,26,35H,5-8,10,12,14-18,20H2,1-4H3,(H,36,40)/t22-,23+,26-/m0/s1. The predicted molar refractivity (Wildman–Crippen MR) is 163 cm³/mol. The van der Waals surface area contributed by atoms with Crippen LogP contribution < -0.4 is 10.1 Å². The highest BCUT2D eigenvalue weighted by atomic mass is 16.5. The number of benzene rings is 1. The van der Waals surface area contributed by atoms with Crippen LogP contribution in [0.15, 0.2) is 24.3 Å². The summed E-state index contributed by atoms with van der Waals surface area (Å²) >= 11 is 0. The molecule has 43 heavy (non-hydrogen) atoms. The van der Waals surface area contributed by atoms with E-state index in [0.717, 1.165) is 49.4 Å². The number of esters is 1. The van der Waals surface area contributed by atoms with E-state index < -0.39 is 41.6 Å². The number of Topliss-reactive ketones (excluding diaryl/α,β-unsaturated/α-hetero) is 3. The summed E-state index contributed by atoms with van der Waals surface area (Å²) in [5, 5.41) is 3.66. The van der Waals surface area contributed by atoms with Crippen molar-refractivity contribution in [1.82, 2.24) is 10.3 Å². The highest BCUT2D eigenvalue weighted by Gasteiger charge is 2.39. The third kappa shape index (κ3) is 8.12. The number of ether oxygens (including phenoxy) is 2. The number of H-pyrrole nitrogens is 1. The van der Waals surface area contributed by atoms with Gasteiger partial charge < -0.3 is 19.8 Å². The number of methoxy groups -OCH3 is 1. The van der Waals surface area contributed by atoms with Crippen molar-refractivity contribution in [3.8, 4) is 5.75 Å². The molecule has 0 saturated heterocycles. The van der Waals surface area contributed by atoms with Gasteiger partial charge in [-0.1, -0.05) is 39.2 Å². The second-order valence-electron chi connectivity index (χ2n) is 13.1. The number of nitrogens with one attached hydrogen (secondary N) is 2. The fourth-order valence-electron chi connectivity index (χ4n) is 6.56. The summed E-state index contributed by atoms with van der Waals surface area (Å²) in [5.41, 5.74) is 0.554. The molecule has 0 bridgehead atoms. The van der Waals surface area contributed by atoms with Crippen LogP contribution in [0, 0.1) is 23.2 Å². The van der Waals surface area contributed by atoms with Crippen LogP contribution in [-0.2, 0) is 23.9 Å². The molecule has 3 atom stereocenters. The smallest absolute Gasteiger partial charge is 0.312 e. The van der Waals surface area contributed by atoms with Crippen molar-refractivity contribution in [2.24, 2.45) is 23.2 Å². The summed E-state index contributed by atoms with van der Waals surface area (Å²) in [6.45, 7) is 5.37. The molecule has 4 rings (SSSR count). The first-order chi connectivity index (χ1) is 20.5. The van der Waals surface area contributed by atoms with Crippen molar-refractivity contribution in [1.29, 1.82) is 0 Å². The van der Waals surface area contributed by atoms with Gasteiger partial charge in [0.25, 0.3) is 0 Å². The maximum absolute atomic E-state index is 13.7. The van der Waals surface area contributed by atoms with Crippen LogP contribution >= 0.6 is 0 Å². The van der Waals surface area contributed by atoms with Gasteiger partial charge in [-0.15, -0.1) is 0 Å². The van der Waals surface area contributed by atoms with Gasteiger partial charge in [0.1, 0.15) is 11.5 Å². The van der Waals surface area contributed by atoms with Crippen LogP contribution in [0.3, 0.4) is 0 Å². The Morgan fingerprint density at radius 1 is 1.09 bits per heavy atom. The third-order valence-corrected chi connectivity index (χ3v) is 9.15. The number of hydrogen-bond donors (Lipinski definition) is 2. The second-order valence-corrected chi connectivity index (χ2v) is 13.1. The average molecular weight is 595 g/mol. The Hall–Kier alpha value is -3.49. The number of aromatic nitrogens is 1. The van der Waals surface area contributed by atoms with E-state index in [1.54, 1.807) is 13.2 Å². The van der Waals surface area contributed by atoms with Gasteiger partial charge >= 0.3 is 5.97 Å². The van der Waals surface area contributed by atoms with Crippen molar-refractivity contribution in [2.75, 3.05) is 13.7 Å². The minimum atomic E-state index is -0.981. The monoisotopic (exact) mass is 594 g/mol. The second kappa shape index (κ2) is 14.3. The number of carbonyl (C=O) groups excluding carboxylic acids is 5. The van der Waals surface area contributed by atoms with Crippen molar-refractivity contribution in [3.05, 3.63) is 30.0 Å². The van der Waals surface area contributed by atoms with E-state index in [-0.39, 0.29) is 36.2 Å². The zero-order chi connectivity index (χ0) is 31.1. The zero-order valence-corrected chi connectivity index (χ0v) is 26.0. The van der Waals surface area contributed by atoms with E-state index in [1.165, 1.54) is 0 Å². The molecule has 9 heteroatoms. The highest BCUT2D eigenvalue weighted by molar-refractivity contribution is 6.02. The molecule has 0 unspecified atom stereocenters. The quantitative estimate of drug-likeness (QED) is 0.211. The van der Waals surface area contributed by atoms with Crippen molar-refractivity contribution in [3.63, 3.8) is 0 Å². The van der Waals surface area contributed by atoms with Gasteiger partial charge in [0.05, 0.1) is 24.3 Å². The molecule has 2 aliphatic rings. The van der Waals surface area contributed by atoms with E-state index in [0.29, 0.717) is 30.7 Å². The molecule has 1 aromatic heterocycles. The molecular weight excluding hydrogens is 548 g/mol. The maximum atomic E-state index is 13.7. The summed E-state index contributed by atoms with van der Waals surface area (Å²) in [4.78, 5) is 69.1. The molecule has 2 fully saturated rings. The molecular formula is C34H46N2O7. The molecule has 2 aromatic rings. The molecule has 1 heterocycles. The molecule has 2 N–H and O–H groups in total. The van der Waals surface area contributed by atoms with Crippen LogP contribution in [0.2, 0.25) is 0 Å². The van der Waals surface area contributed by atoms with E-state index >= 15 is 0 Å². The summed E-state index contributed by atoms with van der Waals surface area (Å²) in [6.07, 6.45) is 6.76. The number of aromatic amines is 1. The molecule has 9 nitrogen and oxygen atoms in total. The number of fused-ring (bicyclic) bond motifs is 1. The first-order valence-corrected chi connectivity index (χ1v) is 15.7. The van der Waals surface area contributed by atoms with E-state index in [1.807, 2.05) is 39.0 Å². The van der Waals surface area contributed by atoms with Crippen LogP contribution in [0.25, 0.3) is 10.9 Å². The number of ketones is 3. The zero-order valence-electron chi connectivity index (χ0n) is 26.0. The molecule has 1 amide bonds. The van der Waals surface area contributed by atoms with Crippen LogP contribution in [0.4, 0.5) is 0 Å². The fourth-order valence-corrected chi connectivity index (χ4v) is 6.56. The molecule has 0 aliphatic heterocycles. The van der Waals surface area contributed by atoms with Gasteiger partial charge in [-0.05, 0) is 69.6 Å². The van der Waals surface area contributed by atoms with Gasteiger partial charge in [0.15, 0.2) is 18.2 Å². The number of hydrogen-bond acceptors (Lipinski definition) is 7. The Bertz CT molecular complexity index is 1340. The first-order valence-electron chi connectivity index (χ1n) is 15.7. The first kappa shape index (κ1) is 32.4. The lowest BCUT2D eigenvalue weighted by Gasteiger charge is -2.28. The SMILES string of the molecule is COc1cccc2[nH]c(C(=O)C[C@@H](CC(C)C)C(=O)N[C@@H](C[C@@H]3CCCCC3=O)C(=O)COC(=O)C3(C)CCCC3)cc12. The van der Waals surface area contributed by atoms with E-state index in [9.17, 15) is 24.0 Å². The Balaban J connectivity index is 1.48. The number of rotatable bonds is 14. The third-order valence-electron chi connectivity index (χ3n) is 9.15. The summed E-state index contributed by atoms with van der Waals surface area (Å²) in [7, 11) is 1.57. The van der Waals surface area contributed by atoms with E-state index in [2.05, 4.69) is 10.3 Å². The summed E-state index contributed by atoms with van der Waals surface area (Å²) in [5.74, 6) is -1.62. The summed E-state index contributed by atoms with van der Waals surface area (Å²) in [6, 6.07) is 6.27. The molecule has 0 radical (unpaired) electrons. The molecule has 2 aliphatic carbocycles. The van der Waals surface area contributed by atoms with Crippen molar-refractivity contribution >= 4 is 40.1 Å². The Labute approximate surface area is 253 Å². The predicted octanol–water partition coefficient (Wildman–Crippen LogP) is 5.74. The van der Waals surface area contributed by atoms with Gasteiger partial charge in [-0.3, -0.25) is 24.0 Å². The minimum Gasteiger partial charge on any atom is -0.496 e. The Morgan fingerprint density at radius 3 is 2.51 bits per heavy atom. The van der Waals surface area contributed by atoms with Crippen LogP contribution in [0.5, 0.6) is 5.75 Å². The highest BCUT2D eigenvalue weighted by Crippen LogP contribution is 2.38. The fraction of sp³-hybridized carbons (Fsp3) is 0.618. The number of amides is 1. The maximum Gasteiger partial charge on any atom is 0.312 e. The van der Waals surface area contributed by atoms with E-state index in [4.69, 9.17) is 9.47 Å². The van der Waals surface area contributed by atoms with Gasteiger partial charge in [-0.25, -0.2) is 0 Å². The lowest BCUT2D eigenvalue weighted by molar-refractivity contribution is -0.158. The van der Waals surface area contributed by atoms with Gasteiger partial charge in [0.2, 0.25) is 5.91 Å². The van der Waals surface area contributed by atoms with Crippen molar-refractivity contribution in [2.45, 2.75) is 97.4 Å². The van der Waals surface area contributed by atoms with Crippen molar-refractivity contribution < 1.29 is 33.4 Å². The molecule has 234 valence electrons. The topological polar surface area (TPSA) is 132 Å². The Kier molecular flexibility index (Phi) is 10.8. The molecule has 0 spiro atoms.